The van der Waals surface area contributed by atoms with Gasteiger partial charge < -0.3 is 0 Å². The van der Waals surface area contributed by atoms with Gasteiger partial charge in [0.1, 0.15) is 0 Å². The number of fused-ring (bicyclic) bond motifs is 1. The lowest BCUT2D eigenvalue weighted by atomic mass is 9.81. The minimum absolute atomic E-state index is 0.0545. The number of nitrogens with zero attached hydrogens (tertiary/aromatic N) is 1. The van der Waals surface area contributed by atoms with Gasteiger partial charge in [0.25, 0.3) is 0 Å². The number of halogens is 2. The Kier molecular flexibility index (Phi) is 3.63. The standard InChI is InChI=1S/C15H15BrClNO2/c1-8-6-11(16)12(17)7-13(8)18-14(19)9-4-2-3-5-10(9)15(18)20/h6-7,9-10H,2-5H2,1H3/t9-,10+. The van der Waals surface area contributed by atoms with Crippen LogP contribution in [-0.2, 0) is 9.59 Å². The summed E-state index contributed by atoms with van der Waals surface area (Å²) in [5, 5.41) is 0.515. The molecule has 3 rings (SSSR count). The Labute approximate surface area is 131 Å². The summed E-state index contributed by atoms with van der Waals surface area (Å²) < 4.78 is 0.775. The maximum absolute atomic E-state index is 12.5. The molecule has 1 saturated carbocycles. The second-order valence-corrected chi connectivity index (χ2v) is 6.82. The van der Waals surface area contributed by atoms with Gasteiger partial charge in [-0.1, -0.05) is 24.4 Å². The first-order valence-electron chi connectivity index (χ1n) is 6.84. The fourth-order valence-corrected chi connectivity index (χ4v) is 3.89. The van der Waals surface area contributed by atoms with Crippen molar-refractivity contribution < 1.29 is 9.59 Å². The van der Waals surface area contributed by atoms with Gasteiger partial charge in [0.2, 0.25) is 11.8 Å². The number of anilines is 1. The van der Waals surface area contributed by atoms with E-state index in [0.717, 1.165) is 35.7 Å². The van der Waals surface area contributed by atoms with Crippen molar-refractivity contribution in [3.05, 3.63) is 27.2 Å². The molecule has 2 aliphatic rings. The Morgan fingerprint density at radius 1 is 1.15 bits per heavy atom. The molecule has 0 N–H and O–H groups in total. The lowest BCUT2D eigenvalue weighted by Crippen LogP contribution is -2.31. The molecule has 1 heterocycles. The van der Waals surface area contributed by atoms with E-state index in [4.69, 9.17) is 11.6 Å². The van der Waals surface area contributed by atoms with E-state index in [0.29, 0.717) is 10.7 Å². The summed E-state index contributed by atoms with van der Waals surface area (Å²) in [6.45, 7) is 1.89. The lowest BCUT2D eigenvalue weighted by molar-refractivity contribution is -0.122. The first-order valence-corrected chi connectivity index (χ1v) is 8.01. The summed E-state index contributed by atoms with van der Waals surface area (Å²) >= 11 is 9.48. The van der Waals surface area contributed by atoms with Crippen LogP contribution in [-0.4, -0.2) is 11.8 Å². The Morgan fingerprint density at radius 3 is 2.25 bits per heavy atom. The highest BCUT2D eigenvalue weighted by atomic mass is 79.9. The van der Waals surface area contributed by atoms with Gasteiger partial charge in [-0.2, -0.15) is 0 Å². The number of benzene rings is 1. The van der Waals surface area contributed by atoms with E-state index < -0.39 is 0 Å². The number of imide groups is 1. The average Bonchev–Trinajstić information content (AvgIpc) is 2.68. The van der Waals surface area contributed by atoms with Gasteiger partial charge in [0, 0.05) is 4.47 Å². The van der Waals surface area contributed by atoms with Crippen LogP contribution in [0.1, 0.15) is 31.2 Å². The quantitative estimate of drug-likeness (QED) is 0.711. The van der Waals surface area contributed by atoms with E-state index in [1.54, 1.807) is 6.07 Å². The molecule has 106 valence electrons. The Morgan fingerprint density at radius 2 is 1.70 bits per heavy atom. The van der Waals surface area contributed by atoms with E-state index in [1.807, 2.05) is 13.0 Å². The third kappa shape index (κ3) is 2.09. The fraction of sp³-hybridized carbons (Fsp3) is 0.467. The van der Waals surface area contributed by atoms with Crippen LogP contribution in [0.2, 0.25) is 5.02 Å². The van der Waals surface area contributed by atoms with Crippen LogP contribution in [0.4, 0.5) is 5.69 Å². The van der Waals surface area contributed by atoms with Crippen molar-refractivity contribution in [1.29, 1.82) is 0 Å². The summed E-state index contributed by atoms with van der Waals surface area (Å²) in [4.78, 5) is 26.5. The van der Waals surface area contributed by atoms with Crippen molar-refractivity contribution in [3.63, 3.8) is 0 Å². The smallest absolute Gasteiger partial charge is 0.237 e. The first-order chi connectivity index (χ1) is 9.50. The second kappa shape index (κ2) is 5.15. The zero-order chi connectivity index (χ0) is 14.4. The van der Waals surface area contributed by atoms with Gasteiger partial charge in [0.15, 0.2) is 0 Å². The number of hydrogen-bond acceptors (Lipinski definition) is 2. The average molecular weight is 357 g/mol. The molecule has 0 unspecified atom stereocenters. The van der Waals surface area contributed by atoms with Gasteiger partial charge in [-0.05, 0) is 53.4 Å². The van der Waals surface area contributed by atoms with Gasteiger partial charge >= 0.3 is 0 Å². The van der Waals surface area contributed by atoms with E-state index in [1.165, 1.54) is 4.90 Å². The summed E-state index contributed by atoms with van der Waals surface area (Å²) in [7, 11) is 0. The lowest BCUT2D eigenvalue weighted by Gasteiger charge is -2.19. The van der Waals surface area contributed by atoms with E-state index in [-0.39, 0.29) is 23.7 Å². The Bertz CT molecular complexity index is 578. The Hall–Kier alpha value is -0.870. The number of carbonyl (C=O) groups excluding carboxylic acids is 2. The highest BCUT2D eigenvalue weighted by Crippen LogP contribution is 2.42. The molecule has 0 aromatic heterocycles. The first kappa shape index (κ1) is 14.1. The van der Waals surface area contributed by atoms with Crippen molar-refractivity contribution >= 4 is 45.0 Å². The van der Waals surface area contributed by atoms with Crippen LogP contribution in [0.15, 0.2) is 16.6 Å². The molecule has 1 aromatic rings. The molecule has 0 radical (unpaired) electrons. The second-order valence-electron chi connectivity index (χ2n) is 5.56. The highest BCUT2D eigenvalue weighted by Gasteiger charge is 2.49. The van der Waals surface area contributed by atoms with Crippen molar-refractivity contribution in [2.75, 3.05) is 4.90 Å². The molecule has 20 heavy (non-hydrogen) atoms. The van der Waals surface area contributed by atoms with Crippen LogP contribution in [0.5, 0.6) is 0 Å². The normalized spacial score (nSPS) is 26.1. The minimum Gasteiger partial charge on any atom is -0.274 e. The summed E-state index contributed by atoms with van der Waals surface area (Å²) in [5.74, 6) is -0.362. The van der Waals surface area contributed by atoms with Crippen molar-refractivity contribution in [2.24, 2.45) is 11.8 Å². The van der Waals surface area contributed by atoms with Crippen LogP contribution >= 0.6 is 27.5 Å². The number of carbonyl (C=O) groups is 2. The molecule has 5 heteroatoms. The number of hydrogen-bond donors (Lipinski definition) is 0. The maximum Gasteiger partial charge on any atom is 0.237 e. The summed E-state index contributed by atoms with van der Waals surface area (Å²) in [6.07, 6.45) is 3.73. The van der Waals surface area contributed by atoms with E-state index in [9.17, 15) is 9.59 Å². The molecule has 1 aliphatic carbocycles. The molecule has 1 saturated heterocycles. The third-order valence-corrected chi connectivity index (χ3v) is 5.52. The van der Waals surface area contributed by atoms with Crippen LogP contribution in [0, 0.1) is 18.8 Å². The Balaban J connectivity index is 2.04. The van der Waals surface area contributed by atoms with Crippen LogP contribution in [0.25, 0.3) is 0 Å². The summed E-state index contributed by atoms with van der Waals surface area (Å²) in [5.41, 5.74) is 1.50. The monoisotopic (exact) mass is 355 g/mol. The van der Waals surface area contributed by atoms with Crippen LogP contribution < -0.4 is 4.90 Å². The van der Waals surface area contributed by atoms with Crippen molar-refractivity contribution in [3.8, 4) is 0 Å². The molecule has 1 aliphatic heterocycles. The van der Waals surface area contributed by atoms with Gasteiger partial charge in [-0.3, -0.25) is 9.59 Å². The van der Waals surface area contributed by atoms with Crippen molar-refractivity contribution in [1.82, 2.24) is 0 Å². The fourth-order valence-electron chi connectivity index (χ4n) is 3.28. The predicted octanol–water partition coefficient (Wildman–Crippen LogP) is 4.09. The number of aryl methyl sites for hydroxylation is 1. The molecule has 3 nitrogen and oxygen atoms in total. The molecule has 1 aromatic carbocycles. The largest absolute Gasteiger partial charge is 0.274 e. The highest BCUT2D eigenvalue weighted by molar-refractivity contribution is 9.10. The van der Waals surface area contributed by atoms with Gasteiger partial charge in [-0.25, -0.2) is 4.90 Å². The number of amides is 2. The number of rotatable bonds is 1. The van der Waals surface area contributed by atoms with Crippen LogP contribution in [0.3, 0.4) is 0 Å². The van der Waals surface area contributed by atoms with Gasteiger partial charge in [0.05, 0.1) is 22.5 Å². The SMILES string of the molecule is Cc1cc(Br)c(Cl)cc1N1C(=O)[C@H]2CCCC[C@H]2C1=O. The van der Waals surface area contributed by atoms with E-state index in [2.05, 4.69) is 15.9 Å². The maximum atomic E-state index is 12.5. The third-order valence-electron chi connectivity index (χ3n) is 4.32. The topological polar surface area (TPSA) is 37.4 Å². The molecular weight excluding hydrogens is 342 g/mol. The molecule has 2 atom stereocenters. The molecule has 0 spiro atoms. The minimum atomic E-state index is -0.127. The summed E-state index contributed by atoms with van der Waals surface area (Å²) in [6, 6.07) is 3.55. The van der Waals surface area contributed by atoms with Crippen molar-refractivity contribution in [2.45, 2.75) is 32.6 Å². The van der Waals surface area contributed by atoms with E-state index >= 15 is 0 Å². The molecule has 2 amide bonds. The molecule has 0 bridgehead atoms. The zero-order valence-electron chi connectivity index (χ0n) is 11.2. The molecular formula is C15H15BrClNO2. The predicted molar refractivity (Wildman–Crippen MR) is 81.8 cm³/mol. The van der Waals surface area contributed by atoms with Gasteiger partial charge in [-0.15, -0.1) is 0 Å². The molecule has 2 fully saturated rings. The zero-order valence-corrected chi connectivity index (χ0v) is 13.5.